The number of rotatable bonds is 5. The maximum absolute atomic E-state index is 11.0. The fourth-order valence-electron chi connectivity index (χ4n) is 2.11. The normalized spacial score (nSPS) is 11.8. The van der Waals surface area contributed by atoms with Crippen LogP contribution in [0.3, 0.4) is 0 Å². The third kappa shape index (κ3) is 2.95. The standard InChI is InChI=1S/C17H16O3/c1-12(17(18)19)14-9-6-10-15(11-14)16(20-2)13-7-4-3-5-8-13/h3-11,16H,1H2,2H3,(H,18,19). The van der Waals surface area contributed by atoms with Crippen LogP contribution < -0.4 is 0 Å². The van der Waals surface area contributed by atoms with Gasteiger partial charge in [0.1, 0.15) is 6.10 Å². The minimum Gasteiger partial charge on any atom is -0.478 e. The maximum atomic E-state index is 11.0. The number of aliphatic carboxylic acids is 1. The second-order valence-electron chi connectivity index (χ2n) is 4.44. The van der Waals surface area contributed by atoms with Crippen LogP contribution in [-0.2, 0) is 9.53 Å². The Morgan fingerprint density at radius 2 is 1.75 bits per heavy atom. The van der Waals surface area contributed by atoms with Crippen molar-refractivity contribution in [3.8, 4) is 0 Å². The highest BCUT2D eigenvalue weighted by molar-refractivity contribution is 6.14. The minimum atomic E-state index is -1.02. The summed E-state index contributed by atoms with van der Waals surface area (Å²) in [7, 11) is 1.64. The molecule has 20 heavy (non-hydrogen) atoms. The topological polar surface area (TPSA) is 46.5 Å². The summed E-state index contributed by atoms with van der Waals surface area (Å²) in [6, 6.07) is 17.1. The van der Waals surface area contributed by atoms with Crippen molar-refractivity contribution in [3.63, 3.8) is 0 Å². The Morgan fingerprint density at radius 1 is 1.10 bits per heavy atom. The van der Waals surface area contributed by atoms with Crippen LogP contribution >= 0.6 is 0 Å². The van der Waals surface area contributed by atoms with Gasteiger partial charge in [-0.15, -0.1) is 0 Å². The molecule has 2 aromatic carbocycles. The van der Waals surface area contributed by atoms with Crippen molar-refractivity contribution in [3.05, 3.63) is 77.9 Å². The molecule has 102 valence electrons. The molecular formula is C17H16O3. The van der Waals surface area contributed by atoms with Crippen molar-refractivity contribution >= 4 is 11.5 Å². The van der Waals surface area contributed by atoms with E-state index in [1.807, 2.05) is 42.5 Å². The average molecular weight is 268 g/mol. The summed E-state index contributed by atoms with van der Waals surface area (Å²) in [6.07, 6.45) is -0.224. The molecule has 0 saturated carbocycles. The van der Waals surface area contributed by atoms with E-state index in [1.165, 1.54) is 0 Å². The van der Waals surface area contributed by atoms with Gasteiger partial charge in [-0.05, 0) is 22.8 Å². The van der Waals surface area contributed by atoms with Gasteiger partial charge in [0, 0.05) is 7.11 Å². The van der Waals surface area contributed by atoms with E-state index >= 15 is 0 Å². The molecule has 0 aliphatic heterocycles. The summed E-state index contributed by atoms with van der Waals surface area (Å²) >= 11 is 0. The summed E-state index contributed by atoms with van der Waals surface area (Å²) in [5.41, 5.74) is 2.59. The lowest BCUT2D eigenvalue weighted by Crippen LogP contribution is -2.05. The highest BCUT2D eigenvalue weighted by atomic mass is 16.5. The Kier molecular flexibility index (Phi) is 4.33. The zero-order valence-electron chi connectivity index (χ0n) is 11.2. The molecule has 2 rings (SSSR count). The lowest BCUT2D eigenvalue weighted by Gasteiger charge is -2.17. The maximum Gasteiger partial charge on any atom is 0.335 e. The molecule has 1 N–H and O–H groups in total. The summed E-state index contributed by atoms with van der Waals surface area (Å²) < 4.78 is 5.54. The van der Waals surface area contributed by atoms with Crippen molar-refractivity contribution in [1.29, 1.82) is 0 Å². The van der Waals surface area contributed by atoms with Crippen LogP contribution in [0.5, 0.6) is 0 Å². The second kappa shape index (κ2) is 6.17. The van der Waals surface area contributed by atoms with Crippen molar-refractivity contribution in [2.45, 2.75) is 6.10 Å². The molecule has 0 saturated heterocycles. The van der Waals surface area contributed by atoms with Crippen LogP contribution in [0.15, 0.2) is 61.2 Å². The molecule has 0 heterocycles. The highest BCUT2D eigenvalue weighted by Gasteiger charge is 2.15. The lowest BCUT2D eigenvalue weighted by molar-refractivity contribution is -0.130. The number of hydrogen-bond donors (Lipinski definition) is 1. The number of carboxylic acid groups (broad SMARTS) is 1. The van der Waals surface area contributed by atoms with E-state index in [4.69, 9.17) is 9.84 Å². The van der Waals surface area contributed by atoms with Crippen LogP contribution in [-0.4, -0.2) is 18.2 Å². The smallest absolute Gasteiger partial charge is 0.335 e. The van der Waals surface area contributed by atoms with E-state index in [0.29, 0.717) is 5.56 Å². The first-order chi connectivity index (χ1) is 9.63. The van der Waals surface area contributed by atoms with Crippen molar-refractivity contribution in [1.82, 2.24) is 0 Å². The van der Waals surface area contributed by atoms with Gasteiger partial charge in [-0.1, -0.05) is 55.1 Å². The molecule has 0 amide bonds. The first kappa shape index (κ1) is 14.0. The minimum absolute atomic E-state index is 0.0785. The van der Waals surface area contributed by atoms with Crippen LogP contribution in [0, 0.1) is 0 Å². The lowest BCUT2D eigenvalue weighted by atomic mass is 9.97. The van der Waals surface area contributed by atoms with Crippen LogP contribution in [0.4, 0.5) is 0 Å². The van der Waals surface area contributed by atoms with Gasteiger partial charge >= 0.3 is 5.97 Å². The summed E-state index contributed by atoms with van der Waals surface area (Å²) in [5, 5.41) is 9.01. The van der Waals surface area contributed by atoms with Crippen molar-refractivity contribution in [2.24, 2.45) is 0 Å². The van der Waals surface area contributed by atoms with Gasteiger partial charge < -0.3 is 9.84 Å². The van der Waals surface area contributed by atoms with E-state index in [-0.39, 0.29) is 11.7 Å². The monoisotopic (exact) mass is 268 g/mol. The molecule has 3 heteroatoms. The quantitative estimate of drug-likeness (QED) is 0.844. The molecule has 0 spiro atoms. The third-order valence-electron chi connectivity index (χ3n) is 3.13. The van der Waals surface area contributed by atoms with Gasteiger partial charge in [-0.3, -0.25) is 0 Å². The number of ether oxygens (including phenoxy) is 1. The van der Waals surface area contributed by atoms with Gasteiger partial charge in [0.05, 0.1) is 5.57 Å². The van der Waals surface area contributed by atoms with Crippen LogP contribution in [0.25, 0.3) is 5.57 Å². The Bertz CT molecular complexity index is 617. The SMILES string of the molecule is C=C(C(=O)O)c1cccc(C(OC)c2ccccc2)c1. The number of carboxylic acids is 1. The zero-order valence-corrected chi connectivity index (χ0v) is 11.2. The summed E-state index contributed by atoms with van der Waals surface area (Å²) in [6.45, 7) is 3.58. The van der Waals surface area contributed by atoms with Gasteiger partial charge in [-0.25, -0.2) is 4.79 Å². The predicted molar refractivity (Wildman–Crippen MR) is 78.4 cm³/mol. The Hall–Kier alpha value is -2.39. The first-order valence-corrected chi connectivity index (χ1v) is 6.23. The number of carbonyl (C=O) groups is 1. The fourth-order valence-corrected chi connectivity index (χ4v) is 2.11. The Labute approximate surface area is 118 Å². The predicted octanol–water partition coefficient (Wildman–Crippen LogP) is 3.52. The Morgan fingerprint density at radius 3 is 2.35 bits per heavy atom. The molecule has 1 atom stereocenters. The van der Waals surface area contributed by atoms with Gasteiger partial charge in [0.25, 0.3) is 0 Å². The highest BCUT2D eigenvalue weighted by Crippen LogP contribution is 2.27. The van der Waals surface area contributed by atoms with E-state index < -0.39 is 5.97 Å². The number of methoxy groups -OCH3 is 1. The molecule has 2 aromatic rings. The first-order valence-electron chi connectivity index (χ1n) is 6.23. The Balaban J connectivity index is 2.39. The molecule has 0 bridgehead atoms. The second-order valence-corrected chi connectivity index (χ2v) is 4.44. The number of benzene rings is 2. The molecule has 3 nitrogen and oxygen atoms in total. The van der Waals surface area contributed by atoms with Crippen LogP contribution in [0.2, 0.25) is 0 Å². The number of hydrogen-bond acceptors (Lipinski definition) is 2. The largest absolute Gasteiger partial charge is 0.478 e. The van der Waals surface area contributed by atoms with E-state index in [0.717, 1.165) is 11.1 Å². The van der Waals surface area contributed by atoms with Gasteiger partial charge in [0.15, 0.2) is 0 Å². The average Bonchev–Trinajstić information content (AvgIpc) is 2.48. The molecule has 0 fully saturated rings. The van der Waals surface area contributed by atoms with Crippen LogP contribution in [0.1, 0.15) is 22.8 Å². The molecule has 0 aliphatic carbocycles. The van der Waals surface area contributed by atoms with Crippen molar-refractivity contribution < 1.29 is 14.6 Å². The third-order valence-corrected chi connectivity index (χ3v) is 3.13. The van der Waals surface area contributed by atoms with Gasteiger partial charge in [-0.2, -0.15) is 0 Å². The zero-order chi connectivity index (χ0) is 14.5. The molecule has 0 aromatic heterocycles. The molecule has 0 aliphatic rings. The summed E-state index contributed by atoms with van der Waals surface area (Å²) in [5.74, 6) is -1.02. The molecule has 0 radical (unpaired) electrons. The van der Waals surface area contributed by atoms with E-state index in [1.54, 1.807) is 19.2 Å². The fraction of sp³-hybridized carbons (Fsp3) is 0.118. The molecular weight excluding hydrogens is 252 g/mol. The molecule has 1 unspecified atom stereocenters. The summed E-state index contributed by atoms with van der Waals surface area (Å²) in [4.78, 5) is 11.0. The van der Waals surface area contributed by atoms with Crippen molar-refractivity contribution in [2.75, 3.05) is 7.11 Å². The van der Waals surface area contributed by atoms with E-state index in [9.17, 15) is 4.79 Å². The van der Waals surface area contributed by atoms with Gasteiger partial charge in [0.2, 0.25) is 0 Å². The van der Waals surface area contributed by atoms with E-state index in [2.05, 4.69) is 6.58 Å².